The molecule has 2 aromatic rings. The van der Waals surface area contributed by atoms with Crippen molar-refractivity contribution in [2.45, 2.75) is 26.3 Å². The van der Waals surface area contributed by atoms with E-state index in [4.69, 9.17) is 5.11 Å². The Bertz CT molecular complexity index is 569. The average Bonchev–Trinajstić information content (AvgIpc) is 2.45. The Morgan fingerprint density at radius 1 is 1.15 bits per heavy atom. The van der Waals surface area contributed by atoms with Crippen LogP contribution in [0.4, 0.5) is 10.1 Å². The molecule has 0 spiro atoms. The van der Waals surface area contributed by atoms with Crippen LogP contribution in [0.2, 0.25) is 0 Å². The monoisotopic (exact) mass is 273 g/mol. The predicted octanol–water partition coefficient (Wildman–Crippen LogP) is 3.67. The number of aliphatic hydroxyl groups is 1. The van der Waals surface area contributed by atoms with Crippen molar-refractivity contribution in [1.82, 2.24) is 0 Å². The number of halogens is 1. The summed E-state index contributed by atoms with van der Waals surface area (Å²) >= 11 is 0. The molecule has 0 saturated carbocycles. The van der Waals surface area contributed by atoms with Crippen LogP contribution < -0.4 is 5.32 Å². The van der Waals surface area contributed by atoms with Gasteiger partial charge in [0.25, 0.3) is 0 Å². The SMILES string of the molecule is Cc1cc(F)ccc1CNc1cccc(CCCO)c1. The van der Waals surface area contributed by atoms with Crippen molar-refractivity contribution in [3.8, 4) is 0 Å². The van der Waals surface area contributed by atoms with Crippen LogP contribution in [0.5, 0.6) is 0 Å². The molecule has 2 rings (SSSR count). The standard InChI is InChI=1S/C17H20FNO/c1-13-10-16(18)8-7-15(13)12-19-17-6-2-4-14(11-17)5-3-9-20/h2,4,6-8,10-11,19-20H,3,5,9,12H2,1H3. The van der Waals surface area contributed by atoms with Crippen LogP contribution in [0.25, 0.3) is 0 Å². The van der Waals surface area contributed by atoms with Gasteiger partial charge in [-0.05, 0) is 60.7 Å². The zero-order chi connectivity index (χ0) is 14.4. The van der Waals surface area contributed by atoms with Gasteiger partial charge < -0.3 is 10.4 Å². The Morgan fingerprint density at radius 2 is 2.00 bits per heavy atom. The lowest BCUT2D eigenvalue weighted by Gasteiger charge is -2.10. The van der Waals surface area contributed by atoms with Crippen LogP contribution in [0.15, 0.2) is 42.5 Å². The van der Waals surface area contributed by atoms with E-state index in [0.29, 0.717) is 6.54 Å². The van der Waals surface area contributed by atoms with Crippen molar-refractivity contribution in [3.05, 3.63) is 65.0 Å². The van der Waals surface area contributed by atoms with Crippen molar-refractivity contribution >= 4 is 5.69 Å². The van der Waals surface area contributed by atoms with E-state index in [0.717, 1.165) is 29.7 Å². The van der Waals surface area contributed by atoms with Crippen molar-refractivity contribution in [2.75, 3.05) is 11.9 Å². The molecule has 0 radical (unpaired) electrons. The molecule has 2 nitrogen and oxygen atoms in total. The summed E-state index contributed by atoms with van der Waals surface area (Å²) in [5.41, 5.74) is 4.30. The van der Waals surface area contributed by atoms with Crippen LogP contribution in [-0.2, 0) is 13.0 Å². The second-order valence-corrected chi connectivity index (χ2v) is 4.95. The average molecular weight is 273 g/mol. The third kappa shape index (κ3) is 4.07. The van der Waals surface area contributed by atoms with Gasteiger partial charge in [-0.1, -0.05) is 18.2 Å². The van der Waals surface area contributed by atoms with E-state index in [1.54, 1.807) is 6.07 Å². The van der Waals surface area contributed by atoms with Crippen LogP contribution in [-0.4, -0.2) is 11.7 Å². The maximum Gasteiger partial charge on any atom is 0.123 e. The van der Waals surface area contributed by atoms with E-state index < -0.39 is 0 Å². The fourth-order valence-electron chi connectivity index (χ4n) is 2.17. The Morgan fingerprint density at radius 3 is 2.75 bits per heavy atom. The van der Waals surface area contributed by atoms with Crippen LogP contribution >= 0.6 is 0 Å². The molecule has 106 valence electrons. The quantitative estimate of drug-likeness (QED) is 0.841. The molecule has 0 unspecified atom stereocenters. The first-order valence-electron chi connectivity index (χ1n) is 6.88. The zero-order valence-corrected chi connectivity index (χ0v) is 11.7. The lowest BCUT2D eigenvalue weighted by molar-refractivity contribution is 0.288. The largest absolute Gasteiger partial charge is 0.396 e. The van der Waals surface area contributed by atoms with Crippen LogP contribution in [0, 0.1) is 12.7 Å². The van der Waals surface area contributed by atoms with E-state index in [9.17, 15) is 4.39 Å². The van der Waals surface area contributed by atoms with Crippen molar-refractivity contribution < 1.29 is 9.50 Å². The molecule has 0 amide bonds. The summed E-state index contributed by atoms with van der Waals surface area (Å²) in [7, 11) is 0. The summed E-state index contributed by atoms with van der Waals surface area (Å²) < 4.78 is 13.0. The highest BCUT2D eigenvalue weighted by Gasteiger charge is 2.01. The second kappa shape index (κ2) is 7.06. The zero-order valence-electron chi connectivity index (χ0n) is 11.7. The number of anilines is 1. The molecular formula is C17H20FNO. The summed E-state index contributed by atoms with van der Waals surface area (Å²) in [6.07, 6.45) is 1.65. The number of aryl methyl sites for hydroxylation is 2. The summed E-state index contributed by atoms with van der Waals surface area (Å²) in [5.74, 6) is -0.197. The van der Waals surface area contributed by atoms with Crippen molar-refractivity contribution in [3.63, 3.8) is 0 Å². The molecule has 0 heterocycles. The molecule has 0 atom stereocenters. The van der Waals surface area contributed by atoms with Crippen LogP contribution in [0.3, 0.4) is 0 Å². The van der Waals surface area contributed by atoms with Gasteiger partial charge in [0.2, 0.25) is 0 Å². The summed E-state index contributed by atoms with van der Waals surface area (Å²) in [6, 6.07) is 13.0. The van der Waals surface area contributed by atoms with Gasteiger partial charge in [-0.15, -0.1) is 0 Å². The third-order valence-electron chi connectivity index (χ3n) is 3.34. The van der Waals surface area contributed by atoms with Gasteiger partial charge >= 0.3 is 0 Å². The maximum atomic E-state index is 13.0. The number of rotatable bonds is 6. The molecule has 0 aliphatic carbocycles. The van der Waals surface area contributed by atoms with Gasteiger partial charge in [-0.25, -0.2) is 4.39 Å². The summed E-state index contributed by atoms with van der Waals surface area (Å²) in [5, 5.41) is 12.2. The molecule has 2 aromatic carbocycles. The van der Waals surface area contributed by atoms with Crippen molar-refractivity contribution in [1.29, 1.82) is 0 Å². The van der Waals surface area contributed by atoms with E-state index in [2.05, 4.69) is 17.4 Å². The first-order chi connectivity index (χ1) is 9.69. The first kappa shape index (κ1) is 14.5. The molecule has 0 aromatic heterocycles. The molecule has 2 N–H and O–H groups in total. The van der Waals surface area contributed by atoms with Crippen LogP contribution in [0.1, 0.15) is 23.1 Å². The second-order valence-electron chi connectivity index (χ2n) is 4.95. The lowest BCUT2D eigenvalue weighted by atomic mass is 10.1. The normalized spacial score (nSPS) is 10.6. The molecule has 0 aliphatic heterocycles. The Kier molecular flexibility index (Phi) is 5.13. The Hall–Kier alpha value is -1.87. The highest BCUT2D eigenvalue weighted by atomic mass is 19.1. The molecule has 3 heteroatoms. The predicted molar refractivity (Wildman–Crippen MR) is 80.3 cm³/mol. The van der Waals surface area contributed by atoms with Gasteiger partial charge in [0, 0.05) is 18.8 Å². The van der Waals surface area contributed by atoms with Gasteiger partial charge in [0.05, 0.1) is 0 Å². The minimum Gasteiger partial charge on any atom is -0.396 e. The number of aliphatic hydroxyl groups excluding tert-OH is 1. The molecule has 0 fully saturated rings. The van der Waals surface area contributed by atoms with Gasteiger partial charge in [-0.3, -0.25) is 0 Å². The smallest absolute Gasteiger partial charge is 0.123 e. The lowest BCUT2D eigenvalue weighted by Crippen LogP contribution is -2.02. The van der Waals surface area contributed by atoms with Crippen molar-refractivity contribution in [2.24, 2.45) is 0 Å². The molecule has 0 aliphatic rings. The van der Waals surface area contributed by atoms with E-state index in [1.165, 1.54) is 11.6 Å². The third-order valence-corrected chi connectivity index (χ3v) is 3.34. The minimum atomic E-state index is -0.197. The number of hydrogen-bond acceptors (Lipinski definition) is 2. The topological polar surface area (TPSA) is 32.3 Å². The molecule has 0 bridgehead atoms. The minimum absolute atomic E-state index is 0.197. The molecule has 0 saturated heterocycles. The highest BCUT2D eigenvalue weighted by Crippen LogP contribution is 2.15. The van der Waals surface area contributed by atoms with Gasteiger partial charge in [0.1, 0.15) is 5.82 Å². The highest BCUT2D eigenvalue weighted by molar-refractivity contribution is 5.46. The number of nitrogens with one attached hydrogen (secondary N) is 1. The Balaban J connectivity index is 1.99. The van der Waals surface area contributed by atoms with E-state index >= 15 is 0 Å². The summed E-state index contributed by atoms with van der Waals surface area (Å²) in [6.45, 7) is 2.81. The fourth-order valence-corrected chi connectivity index (χ4v) is 2.17. The van der Waals surface area contributed by atoms with E-state index in [-0.39, 0.29) is 12.4 Å². The van der Waals surface area contributed by atoms with Gasteiger partial charge in [-0.2, -0.15) is 0 Å². The Labute approximate surface area is 119 Å². The first-order valence-corrected chi connectivity index (χ1v) is 6.88. The number of hydrogen-bond donors (Lipinski definition) is 2. The van der Waals surface area contributed by atoms with Gasteiger partial charge in [0.15, 0.2) is 0 Å². The maximum absolute atomic E-state index is 13.0. The fraction of sp³-hybridized carbons (Fsp3) is 0.294. The number of benzene rings is 2. The summed E-state index contributed by atoms with van der Waals surface area (Å²) in [4.78, 5) is 0. The van der Waals surface area contributed by atoms with E-state index in [1.807, 2.05) is 25.1 Å². The molecular weight excluding hydrogens is 253 g/mol. The molecule has 20 heavy (non-hydrogen) atoms.